The van der Waals surface area contributed by atoms with Crippen LogP contribution in [0.5, 0.6) is 0 Å². The lowest BCUT2D eigenvalue weighted by molar-refractivity contribution is -0.144. The maximum Gasteiger partial charge on any atom is 0.453 e. The van der Waals surface area contributed by atoms with Crippen LogP contribution in [0.15, 0.2) is 0 Å². The minimum Gasteiger partial charge on any atom is -0.340 e. The SMILES string of the molecule is CCC1CCCCN1C(=O)CCc1c(C)nc2nc(C(F)(F)F)nn2c1C. The van der Waals surface area contributed by atoms with E-state index < -0.39 is 12.0 Å². The van der Waals surface area contributed by atoms with E-state index in [1.54, 1.807) is 13.8 Å². The molecule has 1 aliphatic heterocycles. The summed E-state index contributed by atoms with van der Waals surface area (Å²) in [6.45, 7) is 6.28. The van der Waals surface area contributed by atoms with Crippen molar-refractivity contribution in [1.82, 2.24) is 24.5 Å². The van der Waals surface area contributed by atoms with Gasteiger partial charge in [-0.2, -0.15) is 18.2 Å². The van der Waals surface area contributed by atoms with E-state index >= 15 is 0 Å². The maximum absolute atomic E-state index is 12.9. The Morgan fingerprint density at radius 2 is 1.96 bits per heavy atom. The van der Waals surface area contributed by atoms with Crippen LogP contribution in [0.4, 0.5) is 13.2 Å². The number of likely N-dealkylation sites (tertiary alicyclic amines) is 1. The Morgan fingerprint density at radius 3 is 2.63 bits per heavy atom. The van der Waals surface area contributed by atoms with Crippen LogP contribution >= 0.6 is 0 Å². The van der Waals surface area contributed by atoms with Crippen molar-refractivity contribution in [3.8, 4) is 0 Å². The van der Waals surface area contributed by atoms with Gasteiger partial charge in [0.05, 0.1) is 0 Å². The van der Waals surface area contributed by atoms with Crippen LogP contribution in [0.1, 0.15) is 61.8 Å². The third-order valence-electron chi connectivity index (χ3n) is 5.31. The van der Waals surface area contributed by atoms with Crippen molar-refractivity contribution in [2.24, 2.45) is 0 Å². The number of nitrogens with zero attached hydrogens (tertiary/aromatic N) is 5. The van der Waals surface area contributed by atoms with Crippen molar-refractivity contribution in [2.75, 3.05) is 6.54 Å². The molecule has 2 aromatic rings. The van der Waals surface area contributed by atoms with E-state index in [0.717, 1.165) is 42.3 Å². The Kier molecular flexibility index (Phi) is 5.39. The van der Waals surface area contributed by atoms with Gasteiger partial charge in [-0.3, -0.25) is 4.79 Å². The summed E-state index contributed by atoms with van der Waals surface area (Å²) in [6.07, 6.45) is 0.263. The van der Waals surface area contributed by atoms with Crippen LogP contribution in [0.2, 0.25) is 0 Å². The highest BCUT2D eigenvalue weighted by Gasteiger charge is 2.37. The van der Waals surface area contributed by atoms with Crippen molar-refractivity contribution in [1.29, 1.82) is 0 Å². The Hall–Kier alpha value is -2.19. The van der Waals surface area contributed by atoms with Gasteiger partial charge in [0.2, 0.25) is 5.91 Å². The average Bonchev–Trinajstić information content (AvgIpc) is 3.05. The van der Waals surface area contributed by atoms with Gasteiger partial charge in [0, 0.05) is 30.4 Å². The van der Waals surface area contributed by atoms with E-state index in [2.05, 4.69) is 22.0 Å². The fourth-order valence-electron chi connectivity index (χ4n) is 3.82. The summed E-state index contributed by atoms with van der Waals surface area (Å²) in [5.41, 5.74) is 1.87. The summed E-state index contributed by atoms with van der Waals surface area (Å²) >= 11 is 0. The second-order valence-corrected chi connectivity index (χ2v) is 7.05. The molecule has 1 amide bonds. The normalized spacial score (nSPS) is 18.3. The Labute approximate surface area is 155 Å². The number of piperidine rings is 1. The molecule has 27 heavy (non-hydrogen) atoms. The van der Waals surface area contributed by atoms with Crippen LogP contribution in [0, 0.1) is 13.8 Å². The molecule has 0 N–H and O–H groups in total. The zero-order chi connectivity index (χ0) is 19.8. The summed E-state index contributed by atoms with van der Waals surface area (Å²) in [6, 6.07) is 0.290. The number of fused-ring (bicyclic) bond motifs is 1. The number of carbonyl (C=O) groups is 1. The summed E-state index contributed by atoms with van der Waals surface area (Å²) in [4.78, 5) is 22.3. The quantitative estimate of drug-likeness (QED) is 0.811. The van der Waals surface area contributed by atoms with Gasteiger partial charge in [-0.1, -0.05) is 6.92 Å². The standard InChI is InChI=1S/C18H24F3N5O/c1-4-13-7-5-6-10-25(13)15(27)9-8-14-11(2)22-17-23-16(18(19,20)21)24-26(17)12(14)3/h13H,4-10H2,1-3H3. The van der Waals surface area contributed by atoms with Gasteiger partial charge in [-0.15, -0.1) is 5.10 Å². The zero-order valence-electron chi connectivity index (χ0n) is 15.8. The first-order valence-corrected chi connectivity index (χ1v) is 9.32. The Bertz CT molecular complexity index is 846. The molecule has 9 heteroatoms. The second kappa shape index (κ2) is 7.44. The number of hydrogen-bond acceptors (Lipinski definition) is 4. The lowest BCUT2D eigenvalue weighted by atomic mass is 9.98. The van der Waals surface area contributed by atoms with E-state index in [0.29, 0.717) is 30.3 Å². The predicted molar refractivity (Wildman–Crippen MR) is 93.2 cm³/mol. The fraction of sp³-hybridized carbons (Fsp3) is 0.667. The van der Waals surface area contributed by atoms with E-state index in [4.69, 9.17) is 0 Å². The maximum atomic E-state index is 12.9. The molecule has 1 fully saturated rings. The van der Waals surface area contributed by atoms with Gasteiger partial charge in [0.15, 0.2) is 0 Å². The number of halogens is 3. The predicted octanol–water partition coefficient (Wildman–Crippen LogP) is 3.48. The molecule has 0 bridgehead atoms. The summed E-state index contributed by atoms with van der Waals surface area (Å²) in [5.74, 6) is -1.19. The molecule has 3 heterocycles. The third kappa shape index (κ3) is 3.91. The lowest BCUT2D eigenvalue weighted by Gasteiger charge is -2.35. The molecule has 0 saturated carbocycles. The molecule has 1 saturated heterocycles. The second-order valence-electron chi connectivity index (χ2n) is 7.05. The highest BCUT2D eigenvalue weighted by atomic mass is 19.4. The largest absolute Gasteiger partial charge is 0.453 e. The summed E-state index contributed by atoms with van der Waals surface area (Å²) in [7, 11) is 0. The first-order valence-electron chi connectivity index (χ1n) is 9.32. The Morgan fingerprint density at radius 1 is 1.22 bits per heavy atom. The van der Waals surface area contributed by atoms with Crippen molar-refractivity contribution >= 4 is 11.7 Å². The van der Waals surface area contributed by atoms with Gasteiger partial charge in [0.1, 0.15) is 0 Å². The van der Waals surface area contributed by atoms with Gasteiger partial charge in [0.25, 0.3) is 11.6 Å². The van der Waals surface area contributed by atoms with E-state index in [1.807, 2.05) is 4.90 Å². The number of carbonyl (C=O) groups excluding carboxylic acids is 1. The molecule has 148 valence electrons. The lowest BCUT2D eigenvalue weighted by Crippen LogP contribution is -2.43. The monoisotopic (exact) mass is 383 g/mol. The average molecular weight is 383 g/mol. The number of hydrogen-bond donors (Lipinski definition) is 0. The topological polar surface area (TPSA) is 63.4 Å². The zero-order valence-corrected chi connectivity index (χ0v) is 15.8. The van der Waals surface area contributed by atoms with Gasteiger partial charge in [-0.05, 0) is 51.5 Å². The Balaban J connectivity index is 1.81. The highest BCUT2D eigenvalue weighted by molar-refractivity contribution is 5.77. The van der Waals surface area contributed by atoms with Crippen LogP contribution in [0.3, 0.4) is 0 Å². The van der Waals surface area contributed by atoms with Gasteiger partial charge >= 0.3 is 6.18 Å². The van der Waals surface area contributed by atoms with Crippen LogP contribution in [-0.4, -0.2) is 43.0 Å². The molecule has 0 radical (unpaired) electrons. The van der Waals surface area contributed by atoms with E-state index in [9.17, 15) is 18.0 Å². The molecular weight excluding hydrogens is 359 g/mol. The molecule has 1 unspecified atom stereocenters. The molecule has 1 aliphatic rings. The van der Waals surface area contributed by atoms with Gasteiger partial charge < -0.3 is 4.90 Å². The van der Waals surface area contributed by atoms with Crippen LogP contribution in [0.25, 0.3) is 5.78 Å². The molecule has 0 spiro atoms. The molecule has 3 rings (SSSR count). The van der Waals surface area contributed by atoms with Crippen molar-refractivity contribution in [2.45, 2.75) is 71.5 Å². The number of amides is 1. The van der Waals surface area contributed by atoms with Crippen molar-refractivity contribution in [3.05, 3.63) is 22.8 Å². The molecule has 1 atom stereocenters. The number of alkyl halides is 3. The molecule has 6 nitrogen and oxygen atoms in total. The number of aromatic nitrogens is 4. The molecule has 0 aliphatic carbocycles. The van der Waals surface area contributed by atoms with Crippen molar-refractivity contribution < 1.29 is 18.0 Å². The molecule has 0 aromatic carbocycles. The summed E-state index contributed by atoms with van der Waals surface area (Å²) in [5, 5.41) is 3.55. The third-order valence-corrected chi connectivity index (χ3v) is 5.31. The summed E-state index contributed by atoms with van der Waals surface area (Å²) < 4.78 is 39.7. The van der Waals surface area contributed by atoms with E-state index in [-0.39, 0.29) is 11.7 Å². The highest BCUT2D eigenvalue weighted by Crippen LogP contribution is 2.27. The van der Waals surface area contributed by atoms with Gasteiger partial charge in [-0.25, -0.2) is 9.50 Å². The van der Waals surface area contributed by atoms with Crippen LogP contribution < -0.4 is 0 Å². The molecule has 2 aromatic heterocycles. The minimum absolute atomic E-state index is 0.0746. The first kappa shape index (κ1) is 19.6. The van der Waals surface area contributed by atoms with Crippen LogP contribution in [-0.2, 0) is 17.4 Å². The minimum atomic E-state index is -4.62. The van der Waals surface area contributed by atoms with E-state index in [1.165, 1.54) is 0 Å². The molecular formula is C18H24F3N5O. The number of aryl methyl sites for hydroxylation is 2. The fourth-order valence-corrected chi connectivity index (χ4v) is 3.82. The number of rotatable bonds is 4. The smallest absolute Gasteiger partial charge is 0.340 e. The van der Waals surface area contributed by atoms with Crippen molar-refractivity contribution in [3.63, 3.8) is 0 Å². The first-order chi connectivity index (χ1) is 12.7.